The third kappa shape index (κ3) is 3.19. The maximum atomic E-state index is 15.0. The summed E-state index contributed by atoms with van der Waals surface area (Å²) in [6.07, 6.45) is 1.53. The molecule has 2 aromatic heterocycles. The number of ether oxygens (including phenoxy) is 2. The first kappa shape index (κ1) is 20.4. The topological polar surface area (TPSA) is 90.9 Å². The number of aliphatic hydroxyl groups is 1. The van der Waals surface area contributed by atoms with Crippen molar-refractivity contribution < 1.29 is 28.2 Å². The van der Waals surface area contributed by atoms with Gasteiger partial charge in [0.1, 0.15) is 17.9 Å². The summed E-state index contributed by atoms with van der Waals surface area (Å²) in [4.78, 5) is 22.8. The number of amides is 2. The first-order valence-electron chi connectivity index (χ1n) is 9.16. The molecular weight excluding hydrogens is 410 g/mol. The van der Waals surface area contributed by atoms with Crippen LogP contribution in [-0.4, -0.2) is 49.0 Å². The summed E-state index contributed by atoms with van der Waals surface area (Å²) in [5, 5.41) is 9.51. The summed E-state index contributed by atoms with van der Waals surface area (Å²) in [7, 11) is 3.98. The zero-order valence-corrected chi connectivity index (χ0v) is 16.9. The Balaban J connectivity index is 1.86. The number of nitrogens with one attached hydrogen (secondary N) is 1. The molecule has 0 unspecified atom stereocenters. The summed E-state index contributed by atoms with van der Waals surface area (Å²) in [6.45, 7) is -0.413. The molecule has 2 N–H and O–H groups in total. The summed E-state index contributed by atoms with van der Waals surface area (Å²) in [5.74, 6) is 2.77. The number of fused-ring (bicyclic) bond motifs is 3. The highest BCUT2D eigenvalue weighted by molar-refractivity contribution is 6.11. The van der Waals surface area contributed by atoms with Crippen LogP contribution in [0.15, 0.2) is 18.3 Å². The van der Waals surface area contributed by atoms with E-state index < -0.39 is 23.4 Å². The van der Waals surface area contributed by atoms with Crippen molar-refractivity contribution in [2.45, 2.75) is 6.54 Å². The van der Waals surface area contributed by atoms with Gasteiger partial charge in [0.25, 0.3) is 0 Å². The van der Waals surface area contributed by atoms with Crippen LogP contribution < -0.4 is 19.3 Å². The van der Waals surface area contributed by atoms with Crippen LogP contribution in [0.5, 0.6) is 11.5 Å². The number of pyridine rings is 1. The first-order chi connectivity index (χ1) is 14.9. The fourth-order valence-corrected chi connectivity index (χ4v) is 3.62. The number of H-pyrrole nitrogens is 1. The van der Waals surface area contributed by atoms with Crippen LogP contribution in [0.2, 0.25) is 0 Å². The normalized spacial score (nSPS) is 13.2. The predicted molar refractivity (Wildman–Crippen MR) is 110 cm³/mol. The van der Waals surface area contributed by atoms with E-state index >= 15 is 0 Å². The highest BCUT2D eigenvalue weighted by atomic mass is 19.1. The number of carbonyl (C=O) groups is 1. The number of hydrogen-bond acceptors (Lipinski definition) is 5. The molecule has 4 rings (SSSR count). The molecule has 160 valence electrons. The highest BCUT2D eigenvalue weighted by Crippen LogP contribution is 2.41. The molecule has 8 nitrogen and oxygen atoms in total. The van der Waals surface area contributed by atoms with Gasteiger partial charge in [-0.15, -0.1) is 0 Å². The van der Waals surface area contributed by atoms with Crippen LogP contribution in [0, 0.1) is 23.5 Å². The lowest BCUT2D eigenvalue weighted by atomic mass is 10.1. The lowest BCUT2D eigenvalue weighted by Gasteiger charge is -2.35. The fraction of sp³-hybridized carbons (Fsp3) is 0.238. The number of benzene rings is 1. The van der Waals surface area contributed by atoms with Gasteiger partial charge in [-0.25, -0.2) is 18.6 Å². The molecule has 31 heavy (non-hydrogen) atoms. The molecule has 0 aliphatic carbocycles. The van der Waals surface area contributed by atoms with E-state index in [1.807, 2.05) is 0 Å². The van der Waals surface area contributed by atoms with Crippen LogP contribution in [0.1, 0.15) is 11.3 Å². The molecule has 0 spiro atoms. The number of aromatic nitrogens is 2. The average molecular weight is 428 g/mol. The zero-order chi connectivity index (χ0) is 22.3. The van der Waals surface area contributed by atoms with Gasteiger partial charge in [0, 0.05) is 30.3 Å². The van der Waals surface area contributed by atoms with Crippen LogP contribution in [0.25, 0.3) is 11.0 Å². The van der Waals surface area contributed by atoms with Crippen LogP contribution in [-0.2, 0) is 6.54 Å². The van der Waals surface area contributed by atoms with E-state index in [2.05, 4.69) is 21.8 Å². The standard InChI is InChI=1S/C21H18F2N4O4/c1-26-18-11(9-24-20-13(18)7-12(25-20)5-4-6-28)10-27(21(26)29)19-16(22)14(30-2)8-15(31-3)17(19)23/h7-9,28H,6,10H2,1-3H3,(H,24,25). The molecule has 10 heteroatoms. The molecule has 1 aromatic carbocycles. The van der Waals surface area contributed by atoms with Gasteiger partial charge in [-0.3, -0.25) is 9.80 Å². The minimum atomic E-state index is -1.01. The van der Waals surface area contributed by atoms with Crippen LogP contribution >= 0.6 is 0 Å². The molecule has 0 fully saturated rings. The van der Waals surface area contributed by atoms with E-state index in [0.717, 1.165) is 11.0 Å². The maximum absolute atomic E-state index is 15.0. The van der Waals surface area contributed by atoms with Crippen molar-refractivity contribution in [1.82, 2.24) is 9.97 Å². The minimum Gasteiger partial charge on any atom is -0.493 e. The Morgan fingerprint density at radius 2 is 1.87 bits per heavy atom. The van der Waals surface area contributed by atoms with Gasteiger partial charge in [0.2, 0.25) is 0 Å². The highest BCUT2D eigenvalue weighted by Gasteiger charge is 2.36. The largest absolute Gasteiger partial charge is 0.493 e. The Morgan fingerprint density at radius 3 is 2.48 bits per heavy atom. The van der Waals surface area contributed by atoms with Gasteiger partial charge in [-0.1, -0.05) is 5.92 Å². The second kappa shape index (κ2) is 7.77. The molecule has 3 aromatic rings. The van der Waals surface area contributed by atoms with Crippen molar-refractivity contribution in [3.63, 3.8) is 0 Å². The van der Waals surface area contributed by atoms with Crippen LogP contribution in [0.3, 0.4) is 0 Å². The molecular formula is C21H18F2N4O4. The van der Waals surface area contributed by atoms with Gasteiger partial charge < -0.3 is 19.6 Å². The predicted octanol–water partition coefficient (Wildman–Crippen LogP) is 2.78. The van der Waals surface area contributed by atoms with Crippen molar-refractivity contribution in [2.75, 3.05) is 37.7 Å². The van der Waals surface area contributed by atoms with E-state index in [4.69, 9.17) is 14.6 Å². The third-order valence-electron chi connectivity index (χ3n) is 5.01. The Kier molecular flexibility index (Phi) is 5.12. The summed E-state index contributed by atoms with van der Waals surface area (Å²) in [6, 6.07) is 2.15. The molecule has 1 aliphatic rings. The molecule has 0 atom stereocenters. The van der Waals surface area contributed by atoms with E-state index in [1.165, 1.54) is 32.4 Å². The molecule has 0 saturated carbocycles. The van der Waals surface area contributed by atoms with E-state index in [-0.39, 0.29) is 24.7 Å². The van der Waals surface area contributed by atoms with Crippen molar-refractivity contribution in [1.29, 1.82) is 0 Å². The quantitative estimate of drug-likeness (QED) is 0.626. The van der Waals surface area contributed by atoms with Crippen LogP contribution in [0.4, 0.5) is 25.0 Å². The smallest absolute Gasteiger partial charge is 0.329 e. The number of anilines is 2. The number of carbonyl (C=O) groups excluding carboxylic acids is 1. The Morgan fingerprint density at radius 1 is 1.19 bits per heavy atom. The lowest BCUT2D eigenvalue weighted by Crippen LogP contribution is -2.46. The summed E-state index contributed by atoms with van der Waals surface area (Å²) >= 11 is 0. The second-order valence-electron chi connectivity index (χ2n) is 6.72. The number of aliphatic hydroxyl groups excluding tert-OH is 1. The molecule has 0 bridgehead atoms. The number of hydrogen-bond donors (Lipinski definition) is 2. The van der Waals surface area contributed by atoms with E-state index in [0.29, 0.717) is 28.0 Å². The minimum absolute atomic E-state index is 0.117. The number of rotatable bonds is 3. The number of urea groups is 1. The molecule has 0 saturated heterocycles. The van der Waals surface area contributed by atoms with Crippen molar-refractivity contribution in [3.05, 3.63) is 41.2 Å². The van der Waals surface area contributed by atoms with E-state index in [9.17, 15) is 13.6 Å². The van der Waals surface area contributed by atoms with Crippen molar-refractivity contribution >= 4 is 28.4 Å². The van der Waals surface area contributed by atoms with Gasteiger partial charge >= 0.3 is 6.03 Å². The molecule has 1 aliphatic heterocycles. The summed E-state index contributed by atoms with van der Waals surface area (Å²) in [5.41, 5.74) is 1.57. The van der Waals surface area contributed by atoms with Gasteiger partial charge in [-0.05, 0) is 12.0 Å². The Hall–Kier alpha value is -3.84. The number of halogens is 2. The molecule has 0 radical (unpaired) electrons. The average Bonchev–Trinajstić information content (AvgIpc) is 3.18. The maximum Gasteiger partial charge on any atom is 0.329 e. The van der Waals surface area contributed by atoms with Gasteiger partial charge in [0.15, 0.2) is 23.1 Å². The van der Waals surface area contributed by atoms with Gasteiger partial charge in [0.05, 0.1) is 32.1 Å². The fourth-order valence-electron chi connectivity index (χ4n) is 3.62. The number of aromatic amines is 1. The lowest BCUT2D eigenvalue weighted by molar-refractivity contribution is 0.250. The first-order valence-corrected chi connectivity index (χ1v) is 9.16. The SMILES string of the molecule is COc1cc(OC)c(F)c(N2Cc3cnc4[nH]c(C#CCO)cc4c3N(C)C2=O)c1F. The Bertz CT molecular complexity index is 1230. The van der Waals surface area contributed by atoms with Gasteiger partial charge in [-0.2, -0.15) is 0 Å². The van der Waals surface area contributed by atoms with Crippen molar-refractivity contribution in [2.24, 2.45) is 0 Å². The molecule has 3 heterocycles. The monoisotopic (exact) mass is 428 g/mol. The molecule has 2 amide bonds. The number of nitrogens with zero attached hydrogens (tertiary/aromatic N) is 3. The Labute approximate surface area is 176 Å². The second-order valence-corrected chi connectivity index (χ2v) is 6.72. The third-order valence-corrected chi connectivity index (χ3v) is 5.01. The zero-order valence-electron chi connectivity index (χ0n) is 16.9. The number of methoxy groups -OCH3 is 2. The van der Waals surface area contributed by atoms with E-state index in [1.54, 1.807) is 6.07 Å². The summed E-state index contributed by atoms with van der Waals surface area (Å²) < 4.78 is 39.9. The van der Waals surface area contributed by atoms with Crippen molar-refractivity contribution in [3.8, 4) is 23.3 Å².